The maximum atomic E-state index is 13.2. The second-order valence-corrected chi connectivity index (χ2v) is 9.48. The van der Waals surface area contributed by atoms with Crippen molar-refractivity contribution in [1.29, 1.82) is 0 Å². The summed E-state index contributed by atoms with van der Waals surface area (Å²) in [5.74, 6) is 0. The van der Waals surface area contributed by atoms with E-state index in [-0.39, 0.29) is 5.56 Å². The minimum atomic E-state index is -0.225. The van der Waals surface area contributed by atoms with Gasteiger partial charge in [0.2, 0.25) is 0 Å². The van der Waals surface area contributed by atoms with E-state index < -0.39 is 0 Å². The largest absolute Gasteiger partial charge is 0.331 e. The Hall–Kier alpha value is -3.60. The first kappa shape index (κ1) is 21.3. The van der Waals surface area contributed by atoms with E-state index in [9.17, 15) is 4.79 Å². The molecule has 0 unspecified atom stereocenters. The van der Waals surface area contributed by atoms with Crippen LogP contribution in [0.15, 0.2) is 98.3 Å². The van der Waals surface area contributed by atoms with Crippen molar-refractivity contribution in [2.24, 2.45) is 5.10 Å². The number of hydrogen-bond donors (Lipinski definition) is 2. The van der Waals surface area contributed by atoms with Crippen molar-refractivity contribution in [3.63, 3.8) is 0 Å². The summed E-state index contributed by atoms with van der Waals surface area (Å²) in [6.07, 6.45) is 3.13. The first-order valence-electron chi connectivity index (χ1n) is 9.87. The van der Waals surface area contributed by atoms with Crippen molar-refractivity contribution in [3.8, 4) is 0 Å². The van der Waals surface area contributed by atoms with Crippen molar-refractivity contribution in [3.05, 3.63) is 94.9 Å². The summed E-state index contributed by atoms with van der Waals surface area (Å²) in [6, 6.07) is 22.9. The lowest BCUT2D eigenvalue weighted by atomic mass is 10.3. The van der Waals surface area contributed by atoms with Gasteiger partial charge in [-0.25, -0.2) is 9.97 Å². The van der Waals surface area contributed by atoms with E-state index >= 15 is 0 Å². The van der Waals surface area contributed by atoms with Crippen molar-refractivity contribution in [1.82, 2.24) is 19.8 Å². The van der Waals surface area contributed by atoms with Crippen LogP contribution in [0.2, 0.25) is 0 Å². The topological polar surface area (TPSA) is 83.7 Å². The molecule has 0 saturated carbocycles. The number of nitrogens with one attached hydrogen (secondary N) is 2. The van der Waals surface area contributed by atoms with Crippen molar-refractivity contribution in [2.75, 3.05) is 5.32 Å². The molecule has 0 atom stereocenters. The Kier molecular flexibility index (Phi) is 6.11. The lowest BCUT2D eigenvalue weighted by molar-refractivity contribution is 0.970. The molecule has 10 heteroatoms. The second-order valence-electron chi connectivity index (χ2n) is 6.80. The number of anilines is 1. The zero-order valence-corrected chi connectivity index (χ0v) is 19.5. The predicted octanol–water partition coefficient (Wildman–Crippen LogP) is 4.78. The van der Waals surface area contributed by atoms with Crippen LogP contribution in [0, 0.1) is 0 Å². The Labute approximate surface area is 202 Å². The van der Waals surface area contributed by atoms with Crippen molar-refractivity contribution in [2.45, 2.75) is 9.37 Å². The third kappa shape index (κ3) is 4.77. The van der Waals surface area contributed by atoms with Gasteiger partial charge >= 0.3 is 0 Å². The van der Waals surface area contributed by atoms with E-state index in [1.54, 1.807) is 29.7 Å². The van der Waals surface area contributed by atoms with E-state index in [0.717, 1.165) is 20.2 Å². The van der Waals surface area contributed by atoms with Gasteiger partial charge in [-0.05, 0) is 60.4 Å². The molecule has 0 bridgehead atoms. The quantitative estimate of drug-likeness (QED) is 0.159. The van der Waals surface area contributed by atoms with Crippen LogP contribution in [-0.4, -0.2) is 25.7 Å². The van der Waals surface area contributed by atoms with Gasteiger partial charge in [0.05, 0.1) is 22.0 Å². The fourth-order valence-corrected chi connectivity index (χ4v) is 5.32. The smallest absolute Gasteiger partial charge is 0.267 e. The highest BCUT2D eigenvalue weighted by Gasteiger charge is 2.15. The van der Waals surface area contributed by atoms with Gasteiger partial charge in [0.25, 0.3) is 5.56 Å². The summed E-state index contributed by atoms with van der Waals surface area (Å²) in [5.41, 5.74) is 5.18. The molecule has 3 heterocycles. The number of para-hydroxylation sites is 2. The van der Waals surface area contributed by atoms with E-state index in [1.165, 1.54) is 22.4 Å². The lowest BCUT2D eigenvalue weighted by Crippen LogP contribution is -2.25. The van der Waals surface area contributed by atoms with Crippen LogP contribution in [0.25, 0.3) is 15.9 Å². The molecular weight excluding hydrogens is 472 g/mol. The molecule has 5 aromatic rings. The minimum Gasteiger partial charge on any atom is -0.331 e. The first-order valence-corrected chi connectivity index (χ1v) is 11.9. The number of pyridine rings is 1. The molecule has 7 nitrogen and oxygen atoms in total. The predicted molar refractivity (Wildman–Crippen MR) is 139 cm³/mol. The van der Waals surface area contributed by atoms with Gasteiger partial charge in [-0.1, -0.05) is 36.4 Å². The summed E-state index contributed by atoms with van der Waals surface area (Å²) in [7, 11) is 0. The number of nitrogens with zero attached hydrogens (tertiary/aromatic N) is 4. The molecule has 0 radical (unpaired) electrons. The Morgan fingerprint density at radius 3 is 2.67 bits per heavy atom. The molecule has 0 saturated heterocycles. The number of thiazole rings is 1. The molecule has 0 spiro atoms. The summed E-state index contributed by atoms with van der Waals surface area (Å²) in [6.45, 7) is 0. The number of hydrogen-bond acceptors (Lipinski definition) is 7. The highest BCUT2D eigenvalue weighted by molar-refractivity contribution is 8.01. The van der Waals surface area contributed by atoms with Crippen LogP contribution >= 0.6 is 35.3 Å². The van der Waals surface area contributed by atoms with Crippen molar-refractivity contribution >= 4 is 68.2 Å². The first-order chi connectivity index (χ1) is 16.2. The molecule has 0 aliphatic heterocycles. The van der Waals surface area contributed by atoms with E-state index in [0.29, 0.717) is 21.3 Å². The number of hydrazone groups is 1. The molecule has 3 aromatic heterocycles. The van der Waals surface area contributed by atoms with Gasteiger partial charge in [0.1, 0.15) is 10.7 Å². The molecule has 5 rings (SSSR count). The van der Waals surface area contributed by atoms with Gasteiger partial charge in [0, 0.05) is 11.9 Å². The van der Waals surface area contributed by atoms with Crippen LogP contribution < -0.4 is 16.3 Å². The monoisotopic (exact) mass is 488 g/mol. The fraction of sp³-hybridized carbons (Fsp3) is 0. The van der Waals surface area contributed by atoms with Crippen LogP contribution in [0.4, 0.5) is 5.69 Å². The van der Waals surface area contributed by atoms with Gasteiger partial charge in [-0.2, -0.15) is 5.10 Å². The molecular formula is C23H16N6OS3. The minimum absolute atomic E-state index is 0.225. The normalized spacial score (nSPS) is 11.3. The molecule has 0 aliphatic carbocycles. The summed E-state index contributed by atoms with van der Waals surface area (Å²) in [5, 5.41) is 8.06. The van der Waals surface area contributed by atoms with Gasteiger partial charge in [-0.15, -0.1) is 11.3 Å². The Balaban J connectivity index is 1.45. The van der Waals surface area contributed by atoms with E-state index in [1.807, 2.05) is 60.7 Å². The summed E-state index contributed by atoms with van der Waals surface area (Å²) < 4.78 is 3.36. The summed E-state index contributed by atoms with van der Waals surface area (Å²) >= 11 is 8.19. The molecule has 2 N–H and O–H groups in total. The van der Waals surface area contributed by atoms with E-state index in [2.05, 4.69) is 20.8 Å². The third-order valence-corrected chi connectivity index (χ3v) is 6.88. The van der Waals surface area contributed by atoms with Gasteiger partial charge in [0.15, 0.2) is 9.45 Å². The number of aromatic nitrogens is 3. The van der Waals surface area contributed by atoms with Crippen LogP contribution in [0.3, 0.4) is 0 Å². The molecule has 2 aromatic carbocycles. The molecule has 33 heavy (non-hydrogen) atoms. The Morgan fingerprint density at radius 1 is 1.03 bits per heavy atom. The standard InChI is InChI=1S/C23H16N6OS3/c30-21-16(14-24-28-22(31)25-15-8-2-1-3-9-15)20(27-19-12-6-7-13-29(19)21)33-23-26-17-10-4-5-11-18(17)32-23/h1-14H,(H2,25,28,31). The van der Waals surface area contributed by atoms with Crippen LogP contribution in [0.5, 0.6) is 0 Å². The number of fused-ring (bicyclic) bond motifs is 2. The fourth-order valence-electron chi connectivity index (χ4n) is 3.08. The average molecular weight is 489 g/mol. The Morgan fingerprint density at radius 2 is 1.82 bits per heavy atom. The highest BCUT2D eigenvalue weighted by Crippen LogP contribution is 2.34. The van der Waals surface area contributed by atoms with Gasteiger partial charge in [-0.3, -0.25) is 14.6 Å². The van der Waals surface area contributed by atoms with E-state index in [4.69, 9.17) is 17.2 Å². The zero-order valence-electron chi connectivity index (χ0n) is 17.0. The number of benzene rings is 2. The number of thiocarbonyl (C=S) groups is 1. The lowest BCUT2D eigenvalue weighted by Gasteiger charge is -2.08. The SMILES string of the molecule is O=c1c(C=NNC(=S)Nc2ccccc2)c(Sc2nc3ccccc3s2)nc2ccccn12. The Bertz CT molecular complexity index is 1510. The van der Waals surface area contributed by atoms with Crippen molar-refractivity contribution < 1.29 is 0 Å². The van der Waals surface area contributed by atoms with Crippen LogP contribution in [0.1, 0.15) is 5.56 Å². The second kappa shape index (κ2) is 9.49. The molecule has 0 fully saturated rings. The highest BCUT2D eigenvalue weighted by atomic mass is 32.2. The zero-order chi connectivity index (χ0) is 22.6. The molecule has 0 amide bonds. The maximum Gasteiger partial charge on any atom is 0.267 e. The van der Waals surface area contributed by atoms with Crippen LogP contribution in [-0.2, 0) is 0 Å². The third-order valence-electron chi connectivity index (χ3n) is 4.58. The maximum absolute atomic E-state index is 13.2. The molecule has 162 valence electrons. The summed E-state index contributed by atoms with van der Waals surface area (Å²) in [4.78, 5) is 22.6. The average Bonchev–Trinajstić information content (AvgIpc) is 3.24. The van der Waals surface area contributed by atoms with Gasteiger partial charge < -0.3 is 5.32 Å². The number of rotatable bonds is 5. The molecule has 0 aliphatic rings.